The predicted octanol–water partition coefficient (Wildman–Crippen LogP) is 3.86. The van der Waals surface area contributed by atoms with Gasteiger partial charge in [0, 0.05) is 4.90 Å². The van der Waals surface area contributed by atoms with Crippen LogP contribution in [0.5, 0.6) is 11.6 Å². The molecular formula is C16H20N2O2S. The third-order valence-electron chi connectivity index (χ3n) is 2.68. The van der Waals surface area contributed by atoms with Gasteiger partial charge in [0.2, 0.25) is 5.88 Å². The average molecular weight is 304 g/mol. The molecule has 0 aliphatic carbocycles. The summed E-state index contributed by atoms with van der Waals surface area (Å²) in [5.74, 6) is 1.75. The van der Waals surface area contributed by atoms with Crippen molar-refractivity contribution in [3.8, 4) is 11.6 Å². The Kier molecular flexibility index (Phi) is 5.33. The second-order valence-electron chi connectivity index (χ2n) is 5.03. The van der Waals surface area contributed by atoms with Crippen LogP contribution in [0.1, 0.15) is 13.8 Å². The smallest absolute Gasteiger partial charge is 0.238 e. The Labute approximate surface area is 129 Å². The average Bonchev–Trinajstić information content (AvgIpc) is 2.48. The van der Waals surface area contributed by atoms with Gasteiger partial charge in [-0.3, -0.25) is 0 Å². The molecule has 0 bridgehead atoms. The molecule has 0 saturated heterocycles. The standard InChI is InChI=1S/C16H20N2O2S/c1-11(2)10-20-16-14(17)7-8-15(18-16)21-13-6-4-5-12(9-13)19-3/h4-9,11H,10,17H2,1-3H3. The highest BCUT2D eigenvalue weighted by Crippen LogP contribution is 2.31. The van der Waals surface area contributed by atoms with Gasteiger partial charge in [-0.1, -0.05) is 31.7 Å². The van der Waals surface area contributed by atoms with Crippen molar-refractivity contribution in [3.63, 3.8) is 0 Å². The number of ether oxygens (including phenoxy) is 2. The number of aromatic nitrogens is 1. The molecule has 1 aromatic carbocycles. The maximum atomic E-state index is 5.90. The Hall–Kier alpha value is -1.88. The van der Waals surface area contributed by atoms with E-state index in [9.17, 15) is 0 Å². The van der Waals surface area contributed by atoms with Crippen molar-refractivity contribution in [2.75, 3.05) is 19.5 Å². The van der Waals surface area contributed by atoms with Crippen LogP contribution in [-0.2, 0) is 0 Å². The van der Waals surface area contributed by atoms with E-state index in [2.05, 4.69) is 18.8 Å². The molecule has 0 atom stereocenters. The molecule has 0 fully saturated rings. The number of benzene rings is 1. The lowest BCUT2D eigenvalue weighted by Crippen LogP contribution is -2.07. The van der Waals surface area contributed by atoms with Crippen LogP contribution in [0, 0.1) is 5.92 Å². The topological polar surface area (TPSA) is 57.4 Å². The number of hydrogen-bond acceptors (Lipinski definition) is 5. The first-order valence-corrected chi connectivity index (χ1v) is 7.61. The van der Waals surface area contributed by atoms with E-state index in [4.69, 9.17) is 15.2 Å². The normalized spacial score (nSPS) is 10.7. The largest absolute Gasteiger partial charge is 0.497 e. The van der Waals surface area contributed by atoms with Crippen LogP contribution in [0.15, 0.2) is 46.3 Å². The lowest BCUT2D eigenvalue weighted by atomic mass is 10.2. The summed E-state index contributed by atoms with van der Waals surface area (Å²) in [5.41, 5.74) is 6.46. The molecule has 0 aliphatic heterocycles. The summed E-state index contributed by atoms with van der Waals surface area (Å²) >= 11 is 1.55. The first-order valence-electron chi connectivity index (χ1n) is 6.79. The predicted molar refractivity (Wildman–Crippen MR) is 86.1 cm³/mol. The summed E-state index contributed by atoms with van der Waals surface area (Å²) < 4.78 is 10.9. The maximum Gasteiger partial charge on any atom is 0.238 e. The zero-order valence-electron chi connectivity index (χ0n) is 12.5. The molecule has 0 spiro atoms. The number of rotatable bonds is 6. The summed E-state index contributed by atoms with van der Waals surface area (Å²) in [6.07, 6.45) is 0. The Morgan fingerprint density at radius 2 is 2.05 bits per heavy atom. The monoisotopic (exact) mass is 304 g/mol. The van der Waals surface area contributed by atoms with Crippen LogP contribution in [0.4, 0.5) is 5.69 Å². The van der Waals surface area contributed by atoms with Gasteiger partial charge in [0.15, 0.2) is 0 Å². The highest BCUT2D eigenvalue weighted by atomic mass is 32.2. The summed E-state index contributed by atoms with van der Waals surface area (Å²) in [6, 6.07) is 11.6. The van der Waals surface area contributed by atoms with Crippen LogP contribution in [0.25, 0.3) is 0 Å². The fourth-order valence-corrected chi connectivity index (χ4v) is 2.47. The number of hydrogen-bond donors (Lipinski definition) is 1. The van der Waals surface area contributed by atoms with Gasteiger partial charge in [-0.25, -0.2) is 4.98 Å². The van der Waals surface area contributed by atoms with Crippen LogP contribution in [-0.4, -0.2) is 18.7 Å². The maximum absolute atomic E-state index is 5.90. The lowest BCUT2D eigenvalue weighted by molar-refractivity contribution is 0.261. The van der Waals surface area contributed by atoms with Crippen molar-refractivity contribution in [2.45, 2.75) is 23.8 Å². The fourth-order valence-electron chi connectivity index (χ4n) is 1.64. The van der Waals surface area contributed by atoms with Gasteiger partial charge in [0.05, 0.1) is 19.4 Å². The highest BCUT2D eigenvalue weighted by molar-refractivity contribution is 7.99. The van der Waals surface area contributed by atoms with E-state index in [0.29, 0.717) is 24.1 Å². The van der Waals surface area contributed by atoms with E-state index in [0.717, 1.165) is 15.7 Å². The van der Waals surface area contributed by atoms with Crippen molar-refractivity contribution in [2.24, 2.45) is 5.92 Å². The molecule has 112 valence electrons. The van der Waals surface area contributed by atoms with Crippen LogP contribution in [0.2, 0.25) is 0 Å². The molecule has 2 rings (SSSR count). The van der Waals surface area contributed by atoms with Crippen LogP contribution >= 0.6 is 11.8 Å². The van der Waals surface area contributed by atoms with E-state index in [1.165, 1.54) is 0 Å². The second kappa shape index (κ2) is 7.22. The Bertz CT molecular complexity index is 603. The molecule has 0 aliphatic rings. The number of nitrogens with zero attached hydrogens (tertiary/aromatic N) is 1. The molecule has 0 saturated carbocycles. The molecule has 2 aromatic rings. The van der Waals surface area contributed by atoms with Gasteiger partial charge in [-0.2, -0.15) is 0 Å². The number of nitrogen functional groups attached to an aromatic ring is 1. The lowest BCUT2D eigenvalue weighted by Gasteiger charge is -2.11. The first kappa shape index (κ1) is 15.5. The summed E-state index contributed by atoms with van der Waals surface area (Å²) in [7, 11) is 1.66. The Morgan fingerprint density at radius 3 is 2.76 bits per heavy atom. The molecule has 0 amide bonds. The van der Waals surface area contributed by atoms with Gasteiger partial charge in [-0.05, 0) is 36.2 Å². The zero-order chi connectivity index (χ0) is 15.2. The van der Waals surface area contributed by atoms with E-state index in [1.807, 2.05) is 36.4 Å². The first-order chi connectivity index (χ1) is 10.1. The summed E-state index contributed by atoms with van der Waals surface area (Å²) in [6.45, 7) is 4.78. The van der Waals surface area contributed by atoms with Crippen LogP contribution < -0.4 is 15.2 Å². The van der Waals surface area contributed by atoms with Crippen molar-refractivity contribution >= 4 is 17.4 Å². The Morgan fingerprint density at radius 1 is 1.24 bits per heavy atom. The van der Waals surface area contributed by atoms with E-state index in [1.54, 1.807) is 18.9 Å². The molecule has 1 heterocycles. The zero-order valence-corrected chi connectivity index (χ0v) is 13.3. The van der Waals surface area contributed by atoms with Gasteiger partial charge in [0.1, 0.15) is 10.8 Å². The van der Waals surface area contributed by atoms with Gasteiger partial charge < -0.3 is 15.2 Å². The molecule has 21 heavy (non-hydrogen) atoms. The van der Waals surface area contributed by atoms with E-state index >= 15 is 0 Å². The van der Waals surface area contributed by atoms with Crippen molar-refractivity contribution in [1.29, 1.82) is 0 Å². The molecule has 2 N–H and O–H groups in total. The van der Waals surface area contributed by atoms with Gasteiger partial charge in [0.25, 0.3) is 0 Å². The fraction of sp³-hybridized carbons (Fsp3) is 0.312. The number of anilines is 1. The molecular weight excluding hydrogens is 284 g/mol. The molecule has 4 nitrogen and oxygen atoms in total. The molecule has 1 aromatic heterocycles. The molecule has 0 unspecified atom stereocenters. The van der Waals surface area contributed by atoms with Crippen LogP contribution in [0.3, 0.4) is 0 Å². The minimum absolute atomic E-state index is 0.431. The minimum atomic E-state index is 0.431. The van der Waals surface area contributed by atoms with Crippen molar-refractivity contribution in [3.05, 3.63) is 36.4 Å². The minimum Gasteiger partial charge on any atom is -0.497 e. The highest BCUT2D eigenvalue weighted by Gasteiger charge is 2.07. The Balaban J connectivity index is 2.14. The van der Waals surface area contributed by atoms with E-state index in [-0.39, 0.29) is 0 Å². The van der Waals surface area contributed by atoms with Gasteiger partial charge in [-0.15, -0.1) is 0 Å². The molecule has 0 radical (unpaired) electrons. The summed E-state index contributed by atoms with van der Waals surface area (Å²) in [4.78, 5) is 5.53. The SMILES string of the molecule is COc1cccc(Sc2ccc(N)c(OCC(C)C)n2)c1. The number of nitrogens with two attached hydrogens (primary N) is 1. The second-order valence-corrected chi connectivity index (χ2v) is 6.12. The third kappa shape index (κ3) is 4.56. The van der Waals surface area contributed by atoms with Crippen molar-refractivity contribution in [1.82, 2.24) is 4.98 Å². The van der Waals surface area contributed by atoms with Crippen molar-refractivity contribution < 1.29 is 9.47 Å². The van der Waals surface area contributed by atoms with E-state index < -0.39 is 0 Å². The quantitative estimate of drug-likeness (QED) is 0.878. The molecule has 5 heteroatoms. The number of methoxy groups -OCH3 is 1. The van der Waals surface area contributed by atoms with Gasteiger partial charge >= 0.3 is 0 Å². The number of pyridine rings is 1. The summed E-state index contributed by atoms with van der Waals surface area (Å²) in [5, 5.41) is 0.844. The third-order valence-corrected chi connectivity index (χ3v) is 3.61.